The van der Waals surface area contributed by atoms with E-state index >= 15 is 0 Å². The maximum atomic E-state index is 12.8. The molecule has 7 nitrogen and oxygen atoms in total. The van der Waals surface area contributed by atoms with E-state index in [1.165, 1.54) is 0 Å². The number of carbonyl (C=O) groups is 1. The van der Waals surface area contributed by atoms with Crippen molar-refractivity contribution in [2.45, 2.75) is 25.7 Å². The number of anilines is 1. The second-order valence-electron chi connectivity index (χ2n) is 8.02. The molecule has 7 heteroatoms. The lowest BCUT2D eigenvalue weighted by molar-refractivity contribution is -0.139. The van der Waals surface area contributed by atoms with E-state index in [-0.39, 0.29) is 23.9 Å². The molecule has 3 aliphatic heterocycles. The first-order valence-electron chi connectivity index (χ1n) is 9.84. The van der Waals surface area contributed by atoms with Gasteiger partial charge >= 0.3 is 0 Å². The fraction of sp³-hybridized carbons (Fsp3) is 0.737. The summed E-state index contributed by atoms with van der Waals surface area (Å²) in [6.45, 7) is 5.37. The van der Waals surface area contributed by atoms with Crippen LogP contribution in [-0.2, 0) is 4.79 Å². The maximum Gasteiger partial charge on any atom is 0.225 e. The number of aromatic nitrogens is 2. The number of carbonyl (C=O) groups excluding carboxylic acids is 1. The Kier molecular flexibility index (Phi) is 5.09. The third kappa shape index (κ3) is 3.30. The highest BCUT2D eigenvalue weighted by atomic mass is 16.3. The smallest absolute Gasteiger partial charge is 0.225 e. The Hall–Kier alpha value is -1.73. The van der Waals surface area contributed by atoms with Gasteiger partial charge < -0.3 is 20.2 Å². The molecule has 3 aliphatic rings. The topological polar surface area (TPSA) is 81.6 Å². The Morgan fingerprint density at radius 1 is 1.23 bits per heavy atom. The largest absolute Gasteiger partial charge is 0.396 e. The van der Waals surface area contributed by atoms with Crippen LogP contribution in [0.3, 0.4) is 0 Å². The third-order valence-corrected chi connectivity index (χ3v) is 6.63. The van der Waals surface area contributed by atoms with E-state index in [4.69, 9.17) is 0 Å². The Balaban J connectivity index is 1.41. The van der Waals surface area contributed by atoms with Gasteiger partial charge in [-0.25, -0.2) is 9.97 Å². The number of hydrogen-bond acceptors (Lipinski definition) is 6. The van der Waals surface area contributed by atoms with Gasteiger partial charge in [0, 0.05) is 57.0 Å². The number of amides is 1. The molecular formula is C19H29N5O2. The summed E-state index contributed by atoms with van der Waals surface area (Å²) in [5.41, 5.74) is 0.0683. The van der Waals surface area contributed by atoms with E-state index in [2.05, 4.69) is 25.1 Å². The average molecular weight is 359 g/mol. The number of hydrogen-bond donors (Lipinski definition) is 2. The first-order chi connectivity index (χ1) is 12.7. The number of rotatable bonds is 3. The summed E-state index contributed by atoms with van der Waals surface area (Å²) in [6, 6.07) is 1.82. The molecule has 1 unspecified atom stereocenters. The molecule has 0 aromatic carbocycles. The number of likely N-dealkylation sites (tertiary alicyclic amines) is 1. The van der Waals surface area contributed by atoms with Gasteiger partial charge in [-0.2, -0.15) is 0 Å². The van der Waals surface area contributed by atoms with Crippen LogP contribution in [0.4, 0.5) is 5.95 Å². The molecule has 4 heterocycles. The highest BCUT2D eigenvalue weighted by Gasteiger charge is 2.49. The zero-order valence-electron chi connectivity index (χ0n) is 15.3. The van der Waals surface area contributed by atoms with Crippen molar-refractivity contribution in [3.05, 3.63) is 18.5 Å². The number of aliphatic hydroxyl groups is 1. The monoisotopic (exact) mass is 359 g/mol. The lowest BCUT2D eigenvalue weighted by Crippen LogP contribution is -2.49. The van der Waals surface area contributed by atoms with Crippen molar-refractivity contribution in [3.8, 4) is 0 Å². The van der Waals surface area contributed by atoms with Crippen LogP contribution in [0.5, 0.6) is 0 Å². The summed E-state index contributed by atoms with van der Waals surface area (Å²) < 4.78 is 0. The molecule has 0 aliphatic carbocycles. The molecule has 0 bridgehead atoms. The second-order valence-corrected chi connectivity index (χ2v) is 8.02. The molecule has 142 valence electrons. The SMILES string of the molecule is O=C(C1CCNCC1)N1CCC2(CC1)CN(c1ncccn1)CC2CO. The van der Waals surface area contributed by atoms with Crippen molar-refractivity contribution in [3.63, 3.8) is 0 Å². The standard InChI is InChI=1S/C19H29N5O2/c25-13-16-12-24(18-21-6-1-7-22-18)14-19(16)4-10-23(11-5-19)17(26)15-2-8-20-9-3-15/h1,6-7,15-16,20,25H,2-5,8-14H2. The van der Waals surface area contributed by atoms with Crippen molar-refractivity contribution in [2.24, 2.45) is 17.3 Å². The minimum atomic E-state index is 0.0683. The van der Waals surface area contributed by atoms with Crippen LogP contribution >= 0.6 is 0 Å². The average Bonchev–Trinajstić information content (AvgIpc) is 3.07. The zero-order chi connectivity index (χ0) is 18.0. The Morgan fingerprint density at radius 3 is 2.58 bits per heavy atom. The van der Waals surface area contributed by atoms with Crippen LogP contribution in [0.25, 0.3) is 0 Å². The van der Waals surface area contributed by atoms with Crippen molar-refractivity contribution < 1.29 is 9.90 Å². The van der Waals surface area contributed by atoms with Crippen LogP contribution in [0.2, 0.25) is 0 Å². The Morgan fingerprint density at radius 2 is 1.92 bits per heavy atom. The van der Waals surface area contributed by atoms with Crippen molar-refractivity contribution in [1.82, 2.24) is 20.2 Å². The van der Waals surface area contributed by atoms with Crippen molar-refractivity contribution in [1.29, 1.82) is 0 Å². The van der Waals surface area contributed by atoms with Crippen LogP contribution < -0.4 is 10.2 Å². The van der Waals surface area contributed by atoms with Gasteiger partial charge in [-0.05, 0) is 50.3 Å². The summed E-state index contributed by atoms with van der Waals surface area (Å²) in [5, 5.41) is 13.3. The van der Waals surface area contributed by atoms with Gasteiger partial charge in [-0.15, -0.1) is 0 Å². The van der Waals surface area contributed by atoms with E-state index in [1.54, 1.807) is 12.4 Å². The van der Waals surface area contributed by atoms with E-state index in [0.29, 0.717) is 5.91 Å². The quantitative estimate of drug-likeness (QED) is 0.819. The van der Waals surface area contributed by atoms with Crippen LogP contribution in [0.1, 0.15) is 25.7 Å². The second kappa shape index (κ2) is 7.48. The zero-order valence-corrected chi connectivity index (χ0v) is 15.3. The molecule has 3 fully saturated rings. The van der Waals surface area contributed by atoms with E-state index < -0.39 is 0 Å². The van der Waals surface area contributed by atoms with Gasteiger partial charge in [-0.3, -0.25) is 4.79 Å². The van der Waals surface area contributed by atoms with Gasteiger partial charge in [0.1, 0.15) is 0 Å². The fourth-order valence-electron chi connectivity index (χ4n) is 4.96. The van der Waals surface area contributed by atoms with Gasteiger partial charge in [0.05, 0.1) is 0 Å². The molecule has 1 aromatic heterocycles. The Bertz CT molecular complexity index is 612. The molecular weight excluding hydrogens is 330 g/mol. The molecule has 1 aromatic rings. The lowest BCUT2D eigenvalue weighted by atomic mass is 9.71. The third-order valence-electron chi connectivity index (χ3n) is 6.63. The van der Waals surface area contributed by atoms with E-state index in [9.17, 15) is 9.90 Å². The summed E-state index contributed by atoms with van der Waals surface area (Å²) in [4.78, 5) is 25.8. The van der Waals surface area contributed by atoms with Crippen molar-refractivity contribution in [2.75, 3.05) is 50.8 Å². The summed E-state index contributed by atoms with van der Waals surface area (Å²) >= 11 is 0. The normalized spacial score (nSPS) is 26.4. The lowest BCUT2D eigenvalue weighted by Gasteiger charge is -2.43. The number of piperidine rings is 2. The molecule has 0 saturated carbocycles. The minimum absolute atomic E-state index is 0.0683. The highest BCUT2D eigenvalue weighted by molar-refractivity contribution is 5.79. The van der Waals surface area contributed by atoms with Crippen LogP contribution in [0.15, 0.2) is 18.5 Å². The van der Waals surface area contributed by atoms with E-state index in [0.717, 1.165) is 70.9 Å². The minimum Gasteiger partial charge on any atom is -0.396 e. The van der Waals surface area contributed by atoms with Crippen LogP contribution in [-0.4, -0.2) is 71.8 Å². The van der Waals surface area contributed by atoms with Gasteiger partial charge in [0.2, 0.25) is 11.9 Å². The first-order valence-corrected chi connectivity index (χ1v) is 9.84. The predicted molar refractivity (Wildman–Crippen MR) is 98.7 cm³/mol. The molecule has 1 spiro atoms. The molecule has 1 amide bonds. The first kappa shape index (κ1) is 17.7. The maximum absolute atomic E-state index is 12.8. The summed E-state index contributed by atoms with van der Waals surface area (Å²) in [7, 11) is 0. The van der Waals surface area contributed by atoms with Crippen molar-refractivity contribution >= 4 is 11.9 Å². The number of nitrogens with zero attached hydrogens (tertiary/aromatic N) is 4. The molecule has 4 rings (SSSR count). The predicted octanol–water partition coefficient (Wildman–Crippen LogP) is 0.514. The van der Waals surface area contributed by atoms with Gasteiger partial charge in [0.15, 0.2) is 0 Å². The summed E-state index contributed by atoms with van der Waals surface area (Å²) in [6.07, 6.45) is 7.36. The van der Waals surface area contributed by atoms with Gasteiger partial charge in [0.25, 0.3) is 0 Å². The molecule has 26 heavy (non-hydrogen) atoms. The highest BCUT2D eigenvalue weighted by Crippen LogP contribution is 2.45. The number of nitrogens with one attached hydrogen (secondary N) is 1. The number of aliphatic hydroxyl groups excluding tert-OH is 1. The molecule has 1 atom stereocenters. The molecule has 0 radical (unpaired) electrons. The van der Waals surface area contributed by atoms with Crippen LogP contribution in [0, 0.1) is 17.3 Å². The Labute approximate surface area is 154 Å². The summed E-state index contributed by atoms with van der Waals surface area (Å²) in [5.74, 6) is 1.50. The van der Waals surface area contributed by atoms with E-state index in [1.807, 2.05) is 6.07 Å². The molecule has 3 saturated heterocycles. The van der Waals surface area contributed by atoms with Gasteiger partial charge in [-0.1, -0.05) is 0 Å². The molecule has 2 N–H and O–H groups in total. The fourth-order valence-corrected chi connectivity index (χ4v) is 4.96.